The molecule has 2 aromatic heterocycles. The lowest BCUT2D eigenvalue weighted by Crippen LogP contribution is -2.23. The van der Waals surface area contributed by atoms with E-state index in [2.05, 4.69) is 16.8 Å². The van der Waals surface area contributed by atoms with E-state index in [0.717, 1.165) is 27.9 Å². The van der Waals surface area contributed by atoms with Crippen molar-refractivity contribution in [2.24, 2.45) is 0 Å². The first kappa shape index (κ1) is 22.0. The van der Waals surface area contributed by atoms with E-state index in [1.165, 1.54) is 12.1 Å². The number of hydrogen-bond acceptors (Lipinski definition) is 3. The number of para-hydroxylation sites is 1. The fourth-order valence-electron chi connectivity index (χ4n) is 3.80. The summed E-state index contributed by atoms with van der Waals surface area (Å²) < 4.78 is 14.9. The number of pyridine rings is 1. The fraction of sp³-hybridized carbons (Fsp3) is 0.0333. The Hall–Kier alpha value is -4.82. The maximum Gasteiger partial charge on any atom is 0.266 e. The molecule has 0 saturated heterocycles. The Bertz CT molecular complexity index is 1680. The van der Waals surface area contributed by atoms with Crippen molar-refractivity contribution in [3.63, 3.8) is 0 Å². The largest absolute Gasteiger partial charge is 0.268 e. The van der Waals surface area contributed by atoms with Crippen LogP contribution in [0.2, 0.25) is 0 Å². The first-order valence-corrected chi connectivity index (χ1v) is 11.1. The van der Waals surface area contributed by atoms with Gasteiger partial charge < -0.3 is 0 Å². The Morgan fingerprint density at radius 1 is 0.886 bits per heavy atom. The third-order valence-corrected chi connectivity index (χ3v) is 5.55. The highest BCUT2D eigenvalue weighted by molar-refractivity contribution is 5.80. The van der Waals surface area contributed by atoms with Crippen LogP contribution < -0.4 is 5.56 Å². The van der Waals surface area contributed by atoms with Crippen LogP contribution in [0.1, 0.15) is 28.1 Å². The lowest BCUT2D eigenvalue weighted by atomic mass is 10.1. The molecule has 35 heavy (non-hydrogen) atoms. The van der Waals surface area contributed by atoms with E-state index >= 15 is 0 Å². The molecule has 5 aromatic rings. The number of nitrogens with zero attached hydrogens (tertiary/aromatic N) is 3. The molecule has 5 rings (SSSR count). The monoisotopic (exact) mass is 457 g/mol. The van der Waals surface area contributed by atoms with E-state index in [0.29, 0.717) is 16.7 Å². The lowest BCUT2D eigenvalue weighted by molar-refractivity contribution is 0.628. The zero-order chi connectivity index (χ0) is 24.2. The Morgan fingerprint density at radius 3 is 2.46 bits per heavy atom. The van der Waals surface area contributed by atoms with Gasteiger partial charge in [0.1, 0.15) is 11.6 Å². The zero-order valence-corrected chi connectivity index (χ0v) is 18.9. The van der Waals surface area contributed by atoms with Crippen LogP contribution in [-0.4, -0.2) is 14.5 Å². The van der Waals surface area contributed by atoms with Crippen molar-refractivity contribution in [3.05, 3.63) is 136 Å². The van der Waals surface area contributed by atoms with Crippen molar-refractivity contribution in [3.8, 4) is 17.5 Å². The summed E-state index contributed by atoms with van der Waals surface area (Å²) in [5, 5.41) is 0.534. The van der Waals surface area contributed by atoms with Crippen molar-refractivity contribution < 1.29 is 4.39 Å². The second kappa shape index (κ2) is 9.58. The molecule has 0 saturated carbocycles. The van der Waals surface area contributed by atoms with Crippen LogP contribution in [0.4, 0.5) is 4.39 Å². The average Bonchev–Trinajstić information content (AvgIpc) is 2.88. The molecule has 0 aliphatic rings. The molecule has 0 spiro atoms. The highest BCUT2D eigenvalue weighted by Crippen LogP contribution is 2.19. The first-order valence-electron chi connectivity index (χ1n) is 11.1. The van der Waals surface area contributed by atoms with E-state index in [1.54, 1.807) is 41.2 Å². The van der Waals surface area contributed by atoms with Crippen LogP contribution in [0, 0.1) is 24.6 Å². The molecule has 0 bridgehead atoms. The van der Waals surface area contributed by atoms with Gasteiger partial charge in [0.15, 0.2) is 0 Å². The predicted molar refractivity (Wildman–Crippen MR) is 138 cm³/mol. The summed E-state index contributed by atoms with van der Waals surface area (Å²) in [5.41, 5.74) is 4.53. The van der Waals surface area contributed by atoms with Gasteiger partial charge in [-0.2, -0.15) is 0 Å². The molecule has 0 fully saturated rings. The van der Waals surface area contributed by atoms with Crippen LogP contribution >= 0.6 is 0 Å². The maximum absolute atomic E-state index is 13.6. The highest BCUT2D eigenvalue weighted by atomic mass is 19.1. The molecule has 0 N–H and O–H groups in total. The highest BCUT2D eigenvalue weighted by Gasteiger charge is 2.13. The van der Waals surface area contributed by atoms with E-state index in [1.807, 2.05) is 61.5 Å². The molecule has 4 nitrogen and oxygen atoms in total. The molecule has 3 aromatic carbocycles. The molecular formula is C30H20FN3O. The maximum atomic E-state index is 13.6. The van der Waals surface area contributed by atoms with E-state index in [9.17, 15) is 9.18 Å². The fourth-order valence-corrected chi connectivity index (χ4v) is 3.80. The minimum Gasteiger partial charge on any atom is -0.268 e. The number of halogens is 1. The number of aromatic nitrogens is 3. The predicted octanol–water partition coefficient (Wildman–Crippen LogP) is 5.80. The van der Waals surface area contributed by atoms with E-state index in [4.69, 9.17) is 4.98 Å². The molecule has 0 atom stereocenters. The van der Waals surface area contributed by atoms with Crippen LogP contribution in [0.5, 0.6) is 0 Å². The first-order chi connectivity index (χ1) is 17.1. The van der Waals surface area contributed by atoms with Crippen LogP contribution in [0.25, 0.3) is 28.7 Å². The number of hydrogen-bond donors (Lipinski definition) is 0. The summed E-state index contributed by atoms with van der Waals surface area (Å²) in [6, 6.07) is 22.9. The molecule has 0 unspecified atom stereocenters. The minimum absolute atomic E-state index is 0.161. The molecule has 0 aliphatic carbocycles. The van der Waals surface area contributed by atoms with Crippen molar-refractivity contribution in [2.75, 3.05) is 0 Å². The van der Waals surface area contributed by atoms with Crippen molar-refractivity contribution >= 4 is 23.1 Å². The van der Waals surface area contributed by atoms with E-state index in [-0.39, 0.29) is 11.4 Å². The minimum atomic E-state index is -0.301. The summed E-state index contributed by atoms with van der Waals surface area (Å²) >= 11 is 0. The Balaban J connectivity index is 1.61. The number of fused-ring (bicyclic) bond motifs is 1. The van der Waals surface area contributed by atoms with Crippen molar-refractivity contribution in [1.29, 1.82) is 0 Å². The van der Waals surface area contributed by atoms with Gasteiger partial charge in [-0.25, -0.2) is 9.37 Å². The summed E-state index contributed by atoms with van der Waals surface area (Å²) in [4.78, 5) is 22.4. The van der Waals surface area contributed by atoms with Gasteiger partial charge in [0, 0.05) is 23.5 Å². The van der Waals surface area contributed by atoms with Gasteiger partial charge in [0.2, 0.25) is 0 Å². The molecule has 5 heteroatoms. The van der Waals surface area contributed by atoms with Gasteiger partial charge in [0.25, 0.3) is 5.56 Å². The molecular weight excluding hydrogens is 437 g/mol. The summed E-state index contributed by atoms with van der Waals surface area (Å²) in [5.74, 6) is 6.44. The Kier molecular flexibility index (Phi) is 6.02. The molecule has 168 valence electrons. The standard InChI is InChI=1S/C30H20FN3O/c1-21-19-23(8-9-24-5-4-18-32-20-24)12-16-28(21)34-29(17-13-22-10-14-25(31)15-11-22)33-27-7-3-2-6-26(27)30(34)35/h2-7,10-20H,1H3/b17-13+. The SMILES string of the molecule is Cc1cc(C#Cc2cccnc2)ccc1-n1c(/C=C/c2ccc(F)cc2)nc2ccccc2c1=O. The van der Waals surface area contributed by atoms with Crippen LogP contribution in [-0.2, 0) is 0 Å². The van der Waals surface area contributed by atoms with Gasteiger partial charge in [-0.1, -0.05) is 42.2 Å². The van der Waals surface area contributed by atoms with Gasteiger partial charge in [-0.15, -0.1) is 0 Å². The van der Waals surface area contributed by atoms with Gasteiger partial charge in [-0.05, 0) is 78.7 Å². The van der Waals surface area contributed by atoms with E-state index < -0.39 is 0 Å². The molecule has 0 amide bonds. The van der Waals surface area contributed by atoms with Gasteiger partial charge in [0.05, 0.1) is 16.6 Å². The van der Waals surface area contributed by atoms with Gasteiger partial charge >= 0.3 is 0 Å². The number of aryl methyl sites for hydroxylation is 1. The van der Waals surface area contributed by atoms with Gasteiger partial charge in [-0.3, -0.25) is 14.3 Å². The third-order valence-electron chi connectivity index (χ3n) is 5.55. The third kappa shape index (κ3) is 4.78. The topological polar surface area (TPSA) is 47.8 Å². The van der Waals surface area contributed by atoms with Crippen molar-refractivity contribution in [1.82, 2.24) is 14.5 Å². The summed E-state index contributed by atoms with van der Waals surface area (Å²) in [6.07, 6.45) is 7.02. The van der Waals surface area contributed by atoms with Crippen LogP contribution in [0.3, 0.4) is 0 Å². The molecule has 0 aliphatic heterocycles. The average molecular weight is 458 g/mol. The quantitative estimate of drug-likeness (QED) is 0.322. The molecule has 2 heterocycles. The normalized spacial score (nSPS) is 10.9. The smallest absolute Gasteiger partial charge is 0.266 e. The Morgan fingerprint density at radius 2 is 1.69 bits per heavy atom. The second-order valence-corrected chi connectivity index (χ2v) is 8.01. The zero-order valence-electron chi connectivity index (χ0n) is 18.9. The molecule has 0 radical (unpaired) electrons. The van der Waals surface area contributed by atoms with Crippen LogP contribution in [0.15, 0.2) is 96.1 Å². The second-order valence-electron chi connectivity index (χ2n) is 8.01. The Labute approximate surface area is 202 Å². The lowest BCUT2D eigenvalue weighted by Gasteiger charge is -2.14. The number of benzene rings is 3. The summed E-state index contributed by atoms with van der Waals surface area (Å²) in [6.45, 7) is 1.94. The summed E-state index contributed by atoms with van der Waals surface area (Å²) in [7, 11) is 0. The van der Waals surface area contributed by atoms with Crippen molar-refractivity contribution in [2.45, 2.75) is 6.92 Å². The number of rotatable bonds is 3.